The fourth-order valence-electron chi connectivity index (χ4n) is 1.88. The van der Waals surface area contributed by atoms with Crippen LogP contribution in [0.1, 0.15) is 24.0 Å². The molecule has 0 saturated carbocycles. The molecule has 1 unspecified atom stereocenters. The van der Waals surface area contributed by atoms with E-state index in [1.54, 1.807) is 7.05 Å². The van der Waals surface area contributed by atoms with Crippen molar-refractivity contribution in [1.29, 1.82) is 5.26 Å². The second-order valence-corrected chi connectivity index (χ2v) is 6.33. The molecule has 20 heavy (non-hydrogen) atoms. The normalized spacial score (nSPS) is 11.7. The molecule has 1 rings (SSSR count). The van der Waals surface area contributed by atoms with Crippen molar-refractivity contribution in [2.45, 2.75) is 31.6 Å². The number of hydrogen-bond donors (Lipinski definition) is 0. The van der Waals surface area contributed by atoms with Crippen molar-refractivity contribution in [2.24, 2.45) is 0 Å². The van der Waals surface area contributed by atoms with Gasteiger partial charge in [-0.3, -0.25) is 9.00 Å². The van der Waals surface area contributed by atoms with Crippen LogP contribution in [0, 0.1) is 25.2 Å². The Morgan fingerprint density at radius 3 is 2.70 bits per heavy atom. The van der Waals surface area contributed by atoms with Gasteiger partial charge >= 0.3 is 0 Å². The minimum atomic E-state index is -1.16. The lowest BCUT2D eigenvalue weighted by Crippen LogP contribution is -2.28. The highest BCUT2D eigenvalue weighted by molar-refractivity contribution is 7.85. The Labute approximate surface area is 122 Å². The third-order valence-corrected chi connectivity index (χ3v) is 4.59. The molecule has 1 aromatic rings. The van der Waals surface area contributed by atoms with E-state index in [1.807, 2.05) is 38.1 Å². The SMILES string of the molecule is Cc1ccc(S(=O)CCC(=O)N(C)CCC#N)c(C)c1. The highest BCUT2D eigenvalue weighted by atomic mass is 32.2. The summed E-state index contributed by atoms with van der Waals surface area (Å²) in [5.41, 5.74) is 2.13. The number of hydrogen-bond acceptors (Lipinski definition) is 3. The maximum Gasteiger partial charge on any atom is 0.223 e. The van der Waals surface area contributed by atoms with Crippen LogP contribution >= 0.6 is 0 Å². The molecule has 1 aromatic carbocycles. The Kier molecular flexibility index (Phi) is 6.40. The second kappa shape index (κ2) is 7.81. The van der Waals surface area contributed by atoms with Gasteiger partial charge in [-0.05, 0) is 25.5 Å². The number of nitrogens with zero attached hydrogens (tertiary/aromatic N) is 2. The highest BCUT2D eigenvalue weighted by Gasteiger charge is 2.13. The second-order valence-electron chi connectivity index (χ2n) is 4.79. The van der Waals surface area contributed by atoms with Crippen molar-refractivity contribution >= 4 is 16.7 Å². The maximum atomic E-state index is 12.2. The molecule has 0 heterocycles. The molecule has 0 radical (unpaired) electrons. The topological polar surface area (TPSA) is 61.2 Å². The largest absolute Gasteiger partial charge is 0.345 e. The zero-order valence-corrected chi connectivity index (χ0v) is 13.0. The summed E-state index contributed by atoms with van der Waals surface area (Å²) in [5.74, 6) is 0.248. The predicted molar refractivity (Wildman–Crippen MR) is 79.7 cm³/mol. The Bertz CT molecular complexity index is 549. The summed E-state index contributed by atoms with van der Waals surface area (Å²) in [6.07, 6.45) is 0.560. The molecule has 1 amide bonds. The lowest BCUT2D eigenvalue weighted by Gasteiger charge is -2.15. The van der Waals surface area contributed by atoms with Gasteiger partial charge in [-0.2, -0.15) is 5.26 Å². The molecule has 0 spiro atoms. The van der Waals surface area contributed by atoms with E-state index < -0.39 is 10.8 Å². The molecular weight excluding hydrogens is 272 g/mol. The fraction of sp³-hybridized carbons (Fsp3) is 0.467. The first-order valence-electron chi connectivity index (χ1n) is 6.52. The van der Waals surface area contributed by atoms with Gasteiger partial charge in [0.15, 0.2) is 0 Å². The van der Waals surface area contributed by atoms with E-state index in [1.165, 1.54) is 4.90 Å². The lowest BCUT2D eigenvalue weighted by atomic mass is 10.2. The van der Waals surface area contributed by atoms with Crippen LogP contribution < -0.4 is 0 Å². The molecule has 0 aliphatic heterocycles. The van der Waals surface area contributed by atoms with Gasteiger partial charge in [0.2, 0.25) is 5.91 Å². The molecular formula is C15H20N2O2S. The molecule has 0 aliphatic carbocycles. The Balaban J connectivity index is 2.55. The van der Waals surface area contributed by atoms with Crippen LogP contribution in [0.5, 0.6) is 0 Å². The Hall–Kier alpha value is -1.67. The van der Waals surface area contributed by atoms with E-state index in [4.69, 9.17) is 5.26 Å². The van der Waals surface area contributed by atoms with E-state index >= 15 is 0 Å². The summed E-state index contributed by atoms with van der Waals surface area (Å²) >= 11 is 0. The number of carbonyl (C=O) groups excluding carboxylic acids is 1. The van der Waals surface area contributed by atoms with Crippen LogP contribution in [0.4, 0.5) is 0 Å². The number of nitriles is 1. The van der Waals surface area contributed by atoms with E-state index in [0.29, 0.717) is 18.7 Å². The predicted octanol–water partition coefficient (Wildman–Crippen LogP) is 2.17. The first kappa shape index (κ1) is 16.4. The summed E-state index contributed by atoms with van der Waals surface area (Å²) in [7, 11) is 0.508. The quantitative estimate of drug-likeness (QED) is 0.807. The molecule has 108 valence electrons. The first-order valence-corrected chi connectivity index (χ1v) is 7.84. The molecule has 0 N–H and O–H groups in total. The molecule has 0 saturated heterocycles. The van der Waals surface area contributed by atoms with Gasteiger partial charge in [0.05, 0.1) is 23.3 Å². The summed E-state index contributed by atoms with van der Waals surface area (Å²) in [4.78, 5) is 14.1. The van der Waals surface area contributed by atoms with Crippen LogP contribution in [-0.4, -0.2) is 34.4 Å². The van der Waals surface area contributed by atoms with Crippen LogP contribution in [0.25, 0.3) is 0 Å². The molecule has 0 aromatic heterocycles. The Morgan fingerprint density at radius 2 is 2.10 bits per heavy atom. The van der Waals surface area contributed by atoms with E-state index in [9.17, 15) is 9.00 Å². The number of carbonyl (C=O) groups is 1. The van der Waals surface area contributed by atoms with Crippen molar-refractivity contribution in [3.05, 3.63) is 29.3 Å². The number of aryl methyl sites for hydroxylation is 2. The summed E-state index contributed by atoms with van der Waals surface area (Å²) in [6, 6.07) is 7.79. The standard InChI is InChI=1S/C15H20N2O2S/c1-12-5-6-14(13(2)11-12)20(19)10-7-15(18)17(3)9-4-8-16/h5-6,11H,4,7,9-10H2,1-3H3. The molecule has 0 bridgehead atoms. The van der Waals surface area contributed by atoms with Crippen molar-refractivity contribution in [3.63, 3.8) is 0 Å². The average molecular weight is 292 g/mol. The van der Waals surface area contributed by atoms with Gasteiger partial charge < -0.3 is 4.90 Å². The van der Waals surface area contributed by atoms with Gasteiger partial charge in [0, 0.05) is 30.7 Å². The molecule has 1 atom stereocenters. The molecule has 0 fully saturated rings. The molecule has 0 aliphatic rings. The molecule has 5 heteroatoms. The Morgan fingerprint density at radius 1 is 1.40 bits per heavy atom. The van der Waals surface area contributed by atoms with Crippen molar-refractivity contribution in [1.82, 2.24) is 4.90 Å². The minimum Gasteiger partial charge on any atom is -0.345 e. The van der Waals surface area contributed by atoms with Gasteiger partial charge in [0.1, 0.15) is 0 Å². The van der Waals surface area contributed by atoms with Crippen LogP contribution in [0.15, 0.2) is 23.1 Å². The summed E-state index contributed by atoms with van der Waals surface area (Å²) in [5, 5.41) is 8.48. The van der Waals surface area contributed by atoms with Gasteiger partial charge in [0.25, 0.3) is 0 Å². The van der Waals surface area contributed by atoms with Crippen molar-refractivity contribution in [3.8, 4) is 6.07 Å². The maximum absolute atomic E-state index is 12.2. The zero-order chi connectivity index (χ0) is 15.1. The average Bonchev–Trinajstić information content (AvgIpc) is 2.41. The minimum absolute atomic E-state index is 0.0710. The third kappa shape index (κ3) is 4.78. The highest BCUT2D eigenvalue weighted by Crippen LogP contribution is 2.15. The fourth-order valence-corrected chi connectivity index (χ4v) is 3.10. The summed E-state index contributed by atoms with van der Waals surface area (Å²) < 4.78 is 12.2. The monoisotopic (exact) mass is 292 g/mol. The molecule has 4 nitrogen and oxygen atoms in total. The number of benzene rings is 1. The van der Waals surface area contributed by atoms with Gasteiger partial charge in [-0.15, -0.1) is 0 Å². The van der Waals surface area contributed by atoms with Crippen LogP contribution in [0.2, 0.25) is 0 Å². The van der Waals surface area contributed by atoms with Crippen LogP contribution in [-0.2, 0) is 15.6 Å². The van der Waals surface area contributed by atoms with Crippen molar-refractivity contribution in [2.75, 3.05) is 19.3 Å². The first-order chi connectivity index (χ1) is 9.45. The lowest BCUT2D eigenvalue weighted by molar-refractivity contribution is -0.129. The van der Waals surface area contributed by atoms with Crippen LogP contribution in [0.3, 0.4) is 0 Å². The van der Waals surface area contributed by atoms with Crippen molar-refractivity contribution < 1.29 is 9.00 Å². The van der Waals surface area contributed by atoms with E-state index in [0.717, 1.165) is 16.0 Å². The van der Waals surface area contributed by atoms with Gasteiger partial charge in [-0.25, -0.2) is 0 Å². The van der Waals surface area contributed by atoms with E-state index in [2.05, 4.69) is 0 Å². The third-order valence-electron chi connectivity index (χ3n) is 3.06. The van der Waals surface area contributed by atoms with Gasteiger partial charge in [-0.1, -0.05) is 17.7 Å². The summed E-state index contributed by atoms with van der Waals surface area (Å²) in [6.45, 7) is 4.35. The zero-order valence-electron chi connectivity index (χ0n) is 12.2. The number of amides is 1. The van der Waals surface area contributed by atoms with E-state index in [-0.39, 0.29) is 12.3 Å². The number of rotatable bonds is 6. The smallest absolute Gasteiger partial charge is 0.223 e.